The Labute approximate surface area is 122 Å². The second kappa shape index (κ2) is 17.2. The van der Waals surface area contributed by atoms with Gasteiger partial charge in [0, 0.05) is 0 Å². The van der Waals surface area contributed by atoms with Gasteiger partial charge in [0.15, 0.2) is 0 Å². The van der Waals surface area contributed by atoms with Crippen molar-refractivity contribution in [3.8, 4) is 0 Å². The third kappa shape index (κ3) is 13.4. The lowest BCUT2D eigenvalue weighted by Crippen LogP contribution is -2.24. The number of nitrogens with zero attached hydrogens (tertiary/aromatic N) is 1. The van der Waals surface area contributed by atoms with E-state index >= 15 is 0 Å². The Morgan fingerprint density at radius 2 is 1.32 bits per heavy atom. The molecule has 0 atom stereocenters. The molecule has 19 heavy (non-hydrogen) atoms. The smallest absolute Gasteiger partial charge is 0.00218 e. The van der Waals surface area contributed by atoms with E-state index in [0.29, 0.717) is 0 Å². The van der Waals surface area contributed by atoms with Crippen molar-refractivity contribution in [2.75, 3.05) is 20.1 Å². The lowest BCUT2D eigenvalue weighted by atomic mass is 10.1. The summed E-state index contributed by atoms with van der Waals surface area (Å²) < 4.78 is 0. The van der Waals surface area contributed by atoms with E-state index in [0.717, 1.165) is 6.42 Å². The Bertz CT molecular complexity index is 237. The Kier molecular flexibility index (Phi) is 18.5. The molecule has 1 aromatic rings. The van der Waals surface area contributed by atoms with Crippen LogP contribution in [0.5, 0.6) is 0 Å². The second-order valence-electron chi connectivity index (χ2n) is 4.20. The Morgan fingerprint density at radius 1 is 0.842 bits per heavy atom. The predicted molar refractivity (Wildman–Crippen MR) is 89.9 cm³/mol. The van der Waals surface area contributed by atoms with Crippen LogP contribution in [-0.2, 0) is 6.42 Å². The summed E-state index contributed by atoms with van der Waals surface area (Å²) in [5.41, 5.74) is 1.41. The number of piperidine rings is 1. The van der Waals surface area contributed by atoms with Crippen molar-refractivity contribution in [2.24, 2.45) is 0 Å². The fourth-order valence-electron chi connectivity index (χ4n) is 1.77. The van der Waals surface area contributed by atoms with Gasteiger partial charge in [0.05, 0.1) is 0 Å². The molecular weight excluding hydrogens is 230 g/mol. The minimum Gasteiger partial charge on any atom is -0.306 e. The summed E-state index contributed by atoms with van der Waals surface area (Å²) in [6.45, 7) is 12.8. The summed E-state index contributed by atoms with van der Waals surface area (Å²) in [5.74, 6) is 0. The molecule has 0 N–H and O–H groups in total. The maximum Gasteiger partial charge on any atom is -0.00218 e. The van der Waals surface area contributed by atoms with Gasteiger partial charge in [-0.1, -0.05) is 71.4 Å². The molecule has 0 aliphatic carbocycles. The van der Waals surface area contributed by atoms with Crippen LogP contribution in [0.1, 0.15) is 59.4 Å². The molecule has 2 rings (SSSR count). The van der Waals surface area contributed by atoms with Crippen LogP contribution in [0.25, 0.3) is 0 Å². The molecule has 0 aromatic heterocycles. The Balaban J connectivity index is 0. The number of hydrogen-bond donors (Lipinski definition) is 0. The van der Waals surface area contributed by atoms with Crippen molar-refractivity contribution in [1.29, 1.82) is 0 Å². The third-order valence-electron chi connectivity index (χ3n) is 2.83. The number of benzene rings is 1. The van der Waals surface area contributed by atoms with Crippen molar-refractivity contribution >= 4 is 0 Å². The monoisotopic (exact) mass is 265 g/mol. The van der Waals surface area contributed by atoms with Crippen LogP contribution in [0.15, 0.2) is 30.3 Å². The Morgan fingerprint density at radius 3 is 1.58 bits per heavy atom. The standard InChI is InChI=1S/C8H10.C6H13N.2C2H6/c1-2-8-6-4-3-5-7-8;1-7-5-3-2-4-6-7;2*1-2/h3-7H,2H2,1H3;2-6H2,1H3;2*1-2H3. The largest absolute Gasteiger partial charge is 0.306 e. The van der Waals surface area contributed by atoms with Crippen LogP contribution in [0.4, 0.5) is 0 Å². The molecule has 0 bridgehead atoms. The zero-order chi connectivity index (χ0) is 14.9. The molecule has 1 nitrogen and oxygen atoms in total. The summed E-state index contributed by atoms with van der Waals surface area (Å²) in [6, 6.07) is 10.5. The first-order chi connectivity index (χ1) is 9.33. The lowest BCUT2D eigenvalue weighted by molar-refractivity contribution is 0.277. The molecule has 1 fully saturated rings. The SMILES string of the molecule is CC.CC.CCc1ccccc1.CN1CCCCC1. The van der Waals surface area contributed by atoms with Gasteiger partial charge in [0.2, 0.25) is 0 Å². The number of hydrogen-bond acceptors (Lipinski definition) is 1. The van der Waals surface area contributed by atoms with Gasteiger partial charge in [-0.15, -0.1) is 0 Å². The van der Waals surface area contributed by atoms with E-state index < -0.39 is 0 Å². The highest BCUT2D eigenvalue weighted by Gasteiger charge is 2.02. The van der Waals surface area contributed by atoms with Crippen molar-refractivity contribution in [3.63, 3.8) is 0 Å². The molecule has 1 heterocycles. The van der Waals surface area contributed by atoms with E-state index in [2.05, 4.69) is 43.1 Å². The summed E-state index contributed by atoms with van der Waals surface area (Å²) in [4.78, 5) is 2.39. The van der Waals surface area contributed by atoms with Crippen LogP contribution in [0.3, 0.4) is 0 Å². The van der Waals surface area contributed by atoms with Gasteiger partial charge in [-0.2, -0.15) is 0 Å². The van der Waals surface area contributed by atoms with Crippen LogP contribution < -0.4 is 0 Å². The molecule has 112 valence electrons. The van der Waals surface area contributed by atoms with Gasteiger partial charge < -0.3 is 4.90 Å². The topological polar surface area (TPSA) is 3.24 Å². The predicted octanol–water partition coefficient (Wildman–Crippen LogP) is 5.40. The minimum atomic E-state index is 1.14. The zero-order valence-electron chi connectivity index (χ0n) is 14.1. The Hall–Kier alpha value is -0.820. The maximum absolute atomic E-state index is 2.39. The van der Waals surface area contributed by atoms with Crippen LogP contribution >= 0.6 is 0 Å². The number of rotatable bonds is 1. The van der Waals surface area contributed by atoms with Crippen molar-refractivity contribution in [2.45, 2.75) is 60.3 Å². The molecule has 1 saturated heterocycles. The van der Waals surface area contributed by atoms with Crippen LogP contribution in [-0.4, -0.2) is 25.0 Å². The third-order valence-corrected chi connectivity index (χ3v) is 2.83. The molecule has 0 saturated carbocycles. The van der Waals surface area contributed by atoms with Crippen LogP contribution in [0, 0.1) is 0 Å². The molecule has 1 heteroatoms. The van der Waals surface area contributed by atoms with Crippen LogP contribution in [0.2, 0.25) is 0 Å². The van der Waals surface area contributed by atoms with Gasteiger partial charge in [0.1, 0.15) is 0 Å². The first-order valence-corrected chi connectivity index (χ1v) is 8.05. The molecule has 1 aromatic carbocycles. The molecule has 0 amide bonds. The van der Waals surface area contributed by atoms with Crippen molar-refractivity contribution in [3.05, 3.63) is 35.9 Å². The van der Waals surface area contributed by atoms with Gasteiger partial charge >= 0.3 is 0 Å². The van der Waals surface area contributed by atoms with E-state index in [4.69, 9.17) is 0 Å². The molecular formula is C18H35N. The summed E-state index contributed by atoms with van der Waals surface area (Å²) >= 11 is 0. The number of aryl methyl sites for hydroxylation is 1. The van der Waals surface area contributed by atoms with E-state index in [1.807, 2.05) is 33.8 Å². The number of likely N-dealkylation sites (tertiary alicyclic amines) is 1. The minimum absolute atomic E-state index is 1.14. The zero-order valence-corrected chi connectivity index (χ0v) is 14.1. The molecule has 1 aliphatic rings. The maximum atomic E-state index is 2.39. The molecule has 0 unspecified atom stereocenters. The van der Waals surface area contributed by atoms with E-state index in [-0.39, 0.29) is 0 Å². The first-order valence-electron chi connectivity index (χ1n) is 8.05. The fraction of sp³-hybridized carbons (Fsp3) is 0.667. The lowest BCUT2D eigenvalue weighted by Gasteiger charge is -2.20. The summed E-state index contributed by atoms with van der Waals surface area (Å²) in [7, 11) is 2.19. The van der Waals surface area contributed by atoms with E-state index in [1.165, 1.54) is 37.9 Å². The van der Waals surface area contributed by atoms with Gasteiger partial charge in [-0.05, 0) is 45.0 Å². The quantitative estimate of drug-likeness (QED) is 0.657. The molecule has 0 radical (unpaired) electrons. The average Bonchev–Trinajstić information content (AvgIpc) is 2.53. The van der Waals surface area contributed by atoms with Crippen molar-refractivity contribution in [1.82, 2.24) is 4.90 Å². The summed E-state index contributed by atoms with van der Waals surface area (Å²) in [6.07, 6.45) is 5.41. The second-order valence-corrected chi connectivity index (χ2v) is 4.20. The average molecular weight is 265 g/mol. The highest BCUT2D eigenvalue weighted by molar-refractivity contribution is 5.13. The van der Waals surface area contributed by atoms with E-state index in [9.17, 15) is 0 Å². The van der Waals surface area contributed by atoms with Crippen molar-refractivity contribution < 1.29 is 0 Å². The normalized spacial score (nSPS) is 13.8. The highest BCUT2D eigenvalue weighted by atomic mass is 15.1. The fourth-order valence-corrected chi connectivity index (χ4v) is 1.77. The molecule has 1 aliphatic heterocycles. The van der Waals surface area contributed by atoms with E-state index in [1.54, 1.807) is 0 Å². The van der Waals surface area contributed by atoms with Gasteiger partial charge in [-0.3, -0.25) is 0 Å². The van der Waals surface area contributed by atoms with Gasteiger partial charge in [-0.25, -0.2) is 0 Å². The first kappa shape index (κ1) is 20.5. The molecule has 0 spiro atoms. The summed E-state index contributed by atoms with van der Waals surface area (Å²) in [5, 5.41) is 0. The highest BCUT2D eigenvalue weighted by Crippen LogP contribution is 2.04. The van der Waals surface area contributed by atoms with Gasteiger partial charge in [0.25, 0.3) is 0 Å².